The molecule has 0 aromatic carbocycles. The van der Waals surface area contributed by atoms with Crippen LogP contribution in [0.4, 0.5) is 0 Å². The number of rotatable bonds is 7. The lowest BCUT2D eigenvalue weighted by molar-refractivity contribution is -0.137. The predicted octanol–water partition coefficient (Wildman–Crippen LogP) is 0.383. The van der Waals surface area contributed by atoms with Crippen molar-refractivity contribution in [3.05, 3.63) is 16.8 Å². The van der Waals surface area contributed by atoms with E-state index >= 15 is 0 Å². The number of carbonyl (C=O) groups excluding carboxylic acids is 1. The summed E-state index contributed by atoms with van der Waals surface area (Å²) in [5, 5.41) is 26.6. The van der Waals surface area contributed by atoms with Crippen molar-refractivity contribution in [2.75, 3.05) is 6.54 Å². The molecule has 0 aliphatic heterocycles. The Hall–Kier alpha value is -2.29. The third kappa shape index (κ3) is 4.12. The van der Waals surface area contributed by atoms with Crippen LogP contribution in [-0.2, 0) is 16.1 Å². The molecule has 0 unspecified atom stereocenters. The first-order valence-electron chi connectivity index (χ1n) is 5.94. The van der Waals surface area contributed by atoms with E-state index in [0.29, 0.717) is 18.8 Å². The van der Waals surface area contributed by atoms with Crippen molar-refractivity contribution < 1.29 is 14.7 Å². The Morgan fingerprint density at radius 3 is 3.00 bits per heavy atom. The van der Waals surface area contributed by atoms with Crippen LogP contribution >= 0.6 is 11.3 Å². The Morgan fingerprint density at radius 2 is 2.30 bits per heavy atom. The van der Waals surface area contributed by atoms with E-state index in [1.54, 1.807) is 0 Å². The summed E-state index contributed by atoms with van der Waals surface area (Å²) in [7, 11) is 0. The average molecular weight is 295 g/mol. The van der Waals surface area contributed by atoms with Gasteiger partial charge in [-0.2, -0.15) is 16.1 Å². The van der Waals surface area contributed by atoms with Gasteiger partial charge in [-0.25, -0.2) is 0 Å². The van der Waals surface area contributed by atoms with Gasteiger partial charge in [0.2, 0.25) is 11.7 Å². The highest BCUT2D eigenvalue weighted by atomic mass is 32.1. The molecule has 0 fully saturated rings. The highest BCUT2D eigenvalue weighted by Crippen LogP contribution is 2.16. The van der Waals surface area contributed by atoms with Gasteiger partial charge in [-0.15, -0.1) is 10.2 Å². The molecule has 0 atom stereocenters. The number of aromatic nitrogens is 4. The van der Waals surface area contributed by atoms with Gasteiger partial charge in [0.1, 0.15) is 6.54 Å². The standard InChI is InChI=1S/C11H13N5O3S/c17-9(12-4-1-2-10(18)19)6-16-14-11(13-15-16)8-3-5-20-7-8/h3,5,7H,1-2,4,6H2,(H,12,17)(H,18,19). The van der Waals surface area contributed by atoms with Crippen molar-refractivity contribution in [3.8, 4) is 11.4 Å². The van der Waals surface area contributed by atoms with Crippen LogP contribution in [-0.4, -0.2) is 43.7 Å². The molecule has 0 aliphatic carbocycles. The van der Waals surface area contributed by atoms with Crippen LogP contribution in [0.15, 0.2) is 16.8 Å². The first kappa shape index (κ1) is 14.1. The number of nitrogens with zero attached hydrogens (tertiary/aromatic N) is 4. The van der Waals surface area contributed by atoms with Crippen LogP contribution in [0.3, 0.4) is 0 Å². The molecule has 2 N–H and O–H groups in total. The lowest BCUT2D eigenvalue weighted by atomic mass is 10.3. The fourth-order valence-electron chi connectivity index (χ4n) is 1.47. The maximum absolute atomic E-state index is 11.6. The smallest absolute Gasteiger partial charge is 0.303 e. The van der Waals surface area contributed by atoms with Gasteiger partial charge in [0.15, 0.2) is 0 Å². The predicted molar refractivity (Wildman–Crippen MR) is 71.0 cm³/mol. The van der Waals surface area contributed by atoms with Crippen molar-refractivity contribution in [1.29, 1.82) is 0 Å². The SMILES string of the molecule is O=C(O)CCCNC(=O)Cn1nnc(-c2ccsc2)n1. The first-order valence-corrected chi connectivity index (χ1v) is 6.88. The molecule has 1 amide bonds. The summed E-state index contributed by atoms with van der Waals surface area (Å²) < 4.78 is 0. The lowest BCUT2D eigenvalue weighted by Crippen LogP contribution is -2.29. The topological polar surface area (TPSA) is 110 Å². The number of carboxylic acids is 1. The number of carbonyl (C=O) groups is 2. The zero-order valence-electron chi connectivity index (χ0n) is 10.5. The van der Waals surface area contributed by atoms with E-state index in [1.807, 2.05) is 16.8 Å². The minimum absolute atomic E-state index is 0.0319. The van der Waals surface area contributed by atoms with Gasteiger partial charge in [0.25, 0.3) is 0 Å². The maximum atomic E-state index is 11.6. The molecule has 0 saturated heterocycles. The highest BCUT2D eigenvalue weighted by molar-refractivity contribution is 7.08. The van der Waals surface area contributed by atoms with Crippen molar-refractivity contribution in [2.24, 2.45) is 0 Å². The van der Waals surface area contributed by atoms with E-state index in [-0.39, 0.29) is 18.9 Å². The Kier molecular flexibility index (Phi) is 4.77. The van der Waals surface area contributed by atoms with Crippen LogP contribution in [0.25, 0.3) is 11.4 Å². The second kappa shape index (κ2) is 6.75. The Morgan fingerprint density at radius 1 is 1.45 bits per heavy atom. The van der Waals surface area contributed by atoms with Crippen LogP contribution in [0.1, 0.15) is 12.8 Å². The summed E-state index contributed by atoms with van der Waals surface area (Å²) in [6.45, 7) is 0.279. The van der Waals surface area contributed by atoms with E-state index in [4.69, 9.17) is 5.11 Å². The van der Waals surface area contributed by atoms with Crippen molar-refractivity contribution >= 4 is 23.2 Å². The summed E-state index contributed by atoms with van der Waals surface area (Å²) >= 11 is 1.53. The number of nitrogens with one attached hydrogen (secondary N) is 1. The Balaban J connectivity index is 1.78. The van der Waals surface area contributed by atoms with Crippen LogP contribution < -0.4 is 5.32 Å². The molecule has 2 aromatic heterocycles. The van der Waals surface area contributed by atoms with Gasteiger partial charge >= 0.3 is 5.97 Å². The third-order valence-electron chi connectivity index (χ3n) is 2.41. The second-order valence-electron chi connectivity index (χ2n) is 4.00. The van der Waals surface area contributed by atoms with E-state index in [2.05, 4.69) is 20.7 Å². The monoisotopic (exact) mass is 295 g/mol. The van der Waals surface area contributed by atoms with E-state index in [9.17, 15) is 9.59 Å². The van der Waals surface area contributed by atoms with E-state index in [0.717, 1.165) is 5.56 Å². The summed E-state index contributed by atoms with van der Waals surface area (Å²) in [6.07, 6.45) is 0.427. The number of thiophene rings is 1. The van der Waals surface area contributed by atoms with Crippen LogP contribution in [0.2, 0.25) is 0 Å². The molecule has 2 heterocycles. The molecule has 2 rings (SSSR count). The van der Waals surface area contributed by atoms with E-state index < -0.39 is 5.97 Å². The Bertz CT molecular complexity index is 581. The lowest BCUT2D eigenvalue weighted by Gasteiger charge is -2.02. The number of hydrogen-bond acceptors (Lipinski definition) is 6. The Labute approximate surface area is 118 Å². The number of aliphatic carboxylic acids is 1. The third-order valence-corrected chi connectivity index (χ3v) is 3.09. The number of amides is 1. The van der Waals surface area contributed by atoms with E-state index in [1.165, 1.54) is 16.1 Å². The van der Waals surface area contributed by atoms with Gasteiger partial charge in [0, 0.05) is 23.9 Å². The molecule has 20 heavy (non-hydrogen) atoms. The summed E-state index contributed by atoms with van der Waals surface area (Å²) in [5.41, 5.74) is 0.864. The van der Waals surface area contributed by atoms with Gasteiger partial charge in [-0.1, -0.05) is 0 Å². The molecule has 0 saturated carbocycles. The molecule has 0 bridgehead atoms. The molecule has 0 spiro atoms. The van der Waals surface area contributed by atoms with Crippen molar-refractivity contribution in [3.63, 3.8) is 0 Å². The zero-order valence-corrected chi connectivity index (χ0v) is 11.3. The minimum Gasteiger partial charge on any atom is -0.481 e. The molecular weight excluding hydrogens is 282 g/mol. The molecule has 0 radical (unpaired) electrons. The zero-order chi connectivity index (χ0) is 14.4. The fraction of sp³-hybridized carbons (Fsp3) is 0.364. The number of hydrogen-bond donors (Lipinski definition) is 2. The fourth-order valence-corrected chi connectivity index (χ4v) is 2.10. The van der Waals surface area contributed by atoms with Crippen molar-refractivity contribution in [1.82, 2.24) is 25.5 Å². The first-order chi connectivity index (χ1) is 9.65. The quantitative estimate of drug-likeness (QED) is 0.715. The summed E-state index contributed by atoms with van der Waals surface area (Å²) in [4.78, 5) is 23.1. The second-order valence-corrected chi connectivity index (χ2v) is 4.78. The maximum Gasteiger partial charge on any atom is 0.303 e. The molecular formula is C11H13N5O3S. The molecule has 8 nitrogen and oxygen atoms in total. The number of carboxylic acid groups (broad SMARTS) is 1. The largest absolute Gasteiger partial charge is 0.481 e. The normalized spacial score (nSPS) is 10.4. The minimum atomic E-state index is -0.877. The van der Waals surface area contributed by atoms with Crippen LogP contribution in [0, 0.1) is 0 Å². The average Bonchev–Trinajstić information content (AvgIpc) is 3.04. The molecule has 9 heteroatoms. The molecule has 106 valence electrons. The van der Waals surface area contributed by atoms with Gasteiger partial charge in [0.05, 0.1) is 0 Å². The summed E-state index contributed by atoms with van der Waals surface area (Å²) in [5.74, 6) is -0.674. The molecule has 0 aliphatic rings. The van der Waals surface area contributed by atoms with Gasteiger partial charge < -0.3 is 10.4 Å². The highest BCUT2D eigenvalue weighted by Gasteiger charge is 2.09. The summed E-state index contributed by atoms with van der Waals surface area (Å²) in [6, 6.07) is 1.87. The number of tetrazole rings is 1. The van der Waals surface area contributed by atoms with Crippen molar-refractivity contribution in [2.45, 2.75) is 19.4 Å². The molecule has 2 aromatic rings. The van der Waals surface area contributed by atoms with Gasteiger partial charge in [-0.05, 0) is 23.1 Å². The van der Waals surface area contributed by atoms with Crippen LogP contribution in [0.5, 0.6) is 0 Å². The van der Waals surface area contributed by atoms with Gasteiger partial charge in [-0.3, -0.25) is 9.59 Å².